The van der Waals surface area contributed by atoms with Gasteiger partial charge in [0.2, 0.25) is 5.91 Å². The predicted molar refractivity (Wildman–Crippen MR) is 45.2 cm³/mol. The summed E-state index contributed by atoms with van der Waals surface area (Å²) in [6.45, 7) is 1.46. The third-order valence-electron chi connectivity index (χ3n) is 1.57. The zero-order chi connectivity index (χ0) is 8.97. The summed E-state index contributed by atoms with van der Waals surface area (Å²) in [6.07, 6.45) is 5.71. The van der Waals surface area contributed by atoms with E-state index in [0.29, 0.717) is 12.1 Å². The molecule has 1 aliphatic carbocycles. The third-order valence-corrected chi connectivity index (χ3v) is 1.57. The Morgan fingerprint density at radius 1 is 1.75 bits per heavy atom. The molecule has 1 N–H and O–H groups in total. The van der Waals surface area contributed by atoms with Crippen molar-refractivity contribution in [2.45, 2.75) is 19.4 Å². The molecule has 1 atom stereocenters. The van der Waals surface area contributed by atoms with E-state index in [2.05, 4.69) is 10.5 Å². The summed E-state index contributed by atoms with van der Waals surface area (Å²) in [7, 11) is 0. The second-order valence-electron chi connectivity index (χ2n) is 2.62. The minimum Gasteiger partial charge on any atom is -0.350 e. The Balaban J connectivity index is 2.48. The van der Waals surface area contributed by atoms with E-state index >= 15 is 0 Å². The Hall–Kier alpha value is -1.45. The highest BCUT2D eigenvalue weighted by Crippen LogP contribution is 2.10. The number of rotatable bonds is 2. The molecule has 1 aliphatic rings. The lowest BCUT2D eigenvalue weighted by molar-refractivity contribution is -0.119. The molecular weight excluding hydrogens is 156 g/mol. The van der Waals surface area contributed by atoms with Crippen LogP contribution in [0.5, 0.6) is 0 Å². The first-order valence-electron chi connectivity index (χ1n) is 3.71. The lowest BCUT2D eigenvalue weighted by Gasteiger charge is -2.13. The molecule has 0 aromatic rings. The zero-order valence-corrected chi connectivity index (χ0v) is 6.78. The van der Waals surface area contributed by atoms with Crippen molar-refractivity contribution in [2.24, 2.45) is 5.18 Å². The minimum absolute atomic E-state index is 0.00741. The number of nitrogens with one attached hydrogen (secondary N) is 1. The van der Waals surface area contributed by atoms with Crippen molar-refractivity contribution < 1.29 is 4.79 Å². The minimum atomic E-state index is -0.0689. The number of hydrogen-bond donors (Lipinski definition) is 1. The van der Waals surface area contributed by atoms with Gasteiger partial charge < -0.3 is 5.32 Å². The van der Waals surface area contributed by atoms with Gasteiger partial charge in [0.1, 0.15) is 5.70 Å². The van der Waals surface area contributed by atoms with Gasteiger partial charge >= 0.3 is 0 Å². The fraction of sp³-hybridized carbons (Fsp3) is 0.375. The lowest BCUT2D eigenvalue weighted by Crippen LogP contribution is -2.31. The van der Waals surface area contributed by atoms with Gasteiger partial charge in [0, 0.05) is 6.92 Å². The van der Waals surface area contributed by atoms with Gasteiger partial charge in [-0.1, -0.05) is 12.2 Å². The molecule has 0 fully saturated rings. The Morgan fingerprint density at radius 3 is 2.92 bits per heavy atom. The van der Waals surface area contributed by atoms with Gasteiger partial charge in [0.25, 0.3) is 0 Å². The summed E-state index contributed by atoms with van der Waals surface area (Å²) in [4.78, 5) is 20.6. The number of hydrogen-bond acceptors (Lipinski definition) is 3. The number of amides is 1. The van der Waals surface area contributed by atoms with Gasteiger partial charge in [0.15, 0.2) is 0 Å². The number of nitrogens with zero attached hydrogens (tertiary/aromatic N) is 1. The Morgan fingerprint density at radius 2 is 2.50 bits per heavy atom. The molecule has 0 heterocycles. The Labute approximate surface area is 70.3 Å². The molecule has 1 rings (SSSR count). The Kier molecular flexibility index (Phi) is 2.74. The van der Waals surface area contributed by atoms with Crippen molar-refractivity contribution in [2.75, 3.05) is 0 Å². The number of carbonyl (C=O) groups is 1. The van der Waals surface area contributed by atoms with Crippen molar-refractivity contribution in [1.29, 1.82) is 0 Å². The molecule has 64 valence electrons. The summed E-state index contributed by atoms with van der Waals surface area (Å²) < 4.78 is 0. The number of carbonyl (C=O) groups excluding carboxylic acids is 1. The summed E-state index contributed by atoms with van der Waals surface area (Å²) in [5, 5.41) is 5.49. The van der Waals surface area contributed by atoms with Crippen LogP contribution < -0.4 is 5.32 Å². The van der Waals surface area contributed by atoms with Crippen LogP contribution in [0.3, 0.4) is 0 Å². The Bertz CT molecular complexity index is 256. The van der Waals surface area contributed by atoms with Crippen LogP contribution in [0, 0.1) is 4.91 Å². The summed E-state index contributed by atoms with van der Waals surface area (Å²) in [6, 6.07) is 0.00741. The molecule has 4 heteroatoms. The molecule has 0 aromatic carbocycles. The largest absolute Gasteiger partial charge is 0.350 e. The highest BCUT2D eigenvalue weighted by Gasteiger charge is 2.08. The first-order chi connectivity index (χ1) is 5.72. The van der Waals surface area contributed by atoms with Crippen LogP contribution in [0.4, 0.5) is 0 Å². The van der Waals surface area contributed by atoms with E-state index in [0.717, 1.165) is 0 Å². The molecule has 12 heavy (non-hydrogen) atoms. The topological polar surface area (TPSA) is 58.5 Å². The smallest absolute Gasteiger partial charge is 0.217 e. The molecular formula is C8H10N2O2. The molecule has 1 amide bonds. The molecule has 0 saturated carbocycles. The van der Waals surface area contributed by atoms with Crippen LogP contribution in [0.1, 0.15) is 13.3 Å². The van der Waals surface area contributed by atoms with Crippen molar-refractivity contribution in [3.05, 3.63) is 28.8 Å². The van der Waals surface area contributed by atoms with Crippen molar-refractivity contribution in [3.63, 3.8) is 0 Å². The highest BCUT2D eigenvalue weighted by atomic mass is 16.3. The SMILES string of the molecule is CC(=O)NC1C=CC(N=O)=CC1. The first kappa shape index (κ1) is 8.64. The van der Waals surface area contributed by atoms with Crippen LogP contribution in [-0.2, 0) is 4.79 Å². The van der Waals surface area contributed by atoms with Gasteiger partial charge in [-0.3, -0.25) is 4.79 Å². The summed E-state index contributed by atoms with van der Waals surface area (Å²) in [5.41, 5.74) is 0.427. The second kappa shape index (κ2) is 3.80. The second-order valence-corrected chi connectivity index (χ2v) is 2.62. The number of allylic oxidation sites excluding steroid dienone is 1. The van der Waals surface area contributed by atoms with Crippen molar-refractivity contribution >= 4 is 5.91 Å². The van der Waals surface area contributed by atoms with Crippen LogP contribution >= 0.6 is 0 Å². The van der Waals surface area contributed by atoms with E-state index in [1.54, 1.807) is 18.2 Å². The molecule has 0 spiro atoms. The van der Waals surface area contributed by atoms with Gasteiger partial charge in [-0.05, 0) is 17.7 Å². The van der Waals surface area contributed by atoms with Crippen LogP contribution in [-0.4, -0.2) is 11.9 Å². The lowest BCUT2D eigenvalue weighted by atomic mass is 10.1. The fourth-order valence-electron chi connectivity index (χ4n) is 1.04. The van der Waals surface area contributed by atoms with E-state index in [1.165, 1.54) is 6.92 Å². The van der Waals surface area contributed by atoms with Crippen molar-refractivity contribution in [1.82, 2.24) is 5.32 Å². The van der Waals surface area contributed by atoms with Crippen molar-refractivity contribution in [3.8, 4) is 0 Å². The molecule has 1 unspecified atom stereocenters. The molecule has 4 nitrogen and oxygen atoms in total. The normalized spacial score (nSPS) is 21.4. The van der Waals surface area contributed by atoms with E-state index < -0.39 is 0 Å². The van der Waals surface area contributed by atoms with Crippen LogP contribution in [0.2, 0.25) is 0 Å². The third kappa shape index (κ3) is 2.30. The maximum Gasteiger partial charge on any atom is 0.217 e. The predicted octanol–water partition coefficient (Wildman–Crippen LogP) is 1.10. The van der Waals surface area contributed by atoms with Gasteiger partial charge in [-0.2, -0.15) is 0 Å². The van der Waals surface area contributed by atoms with Gasteiger partial charge in [-0.15, -0.1) is 4.91 Å². The quantitative estimate of drug-likeness (QED) is 0.624. The van der Waals surface area contributed by atoms with Crippen LogP contribution in [0.25, 0.3) is 0 Å². The van der Waals surface area contributed by atoms with E-state index in [1.807, 2.05) is 0 Å². The maximum atomic E-state index is 10.6. The monoisotopic (exact) mass is 166 g/mol. The average Bonchev–Trinajstić information content (AvgIpc) is 2.05. The van der Waals surface area contributed by atoms with Gasteiger partial charge in [-0.25, -0.2) is 0 Å². The standard InChI is InChI=1S/C8H10N2O2/c1-6(11)9-7-2-4-8(10-12)5-3-7/h2,4-5,7H,3H2,1H3,(H,9,11). The number of nitroso groups, excluding NO2 is 1. The highest BCUT2D eigenvalue weighted by molar-refractivity contribution is 5.73. The van der Waals surface area contributed by atoms with Crippen LogP contribution in [0.15, 0.2) is 29.1 Å². The van der Waals surface area contributed by atoms with E-state index in [4.69, 9.17) is 0 Å². The molecule has 0 aliphatic heterocycles. The maximum absolute atomic E-state index is 10.6. The van der Waals surface area contributed by atoms with E-state index in [-0.39, 0.29) is 11.9 Å². The van der Waals surface area contributed by atoms with E-state index in [9.17, 15) is 9.70 Å². The molecule has 0 bridgehead atoms. The zero-order valence-electron chi connectivity index (χ0n) is 6.78. The molecule has 0 aromatic heterocycles. The van der Waals surface area contributed by atoms with Gasteiger partial charge in [0.05, 0.1) is 6.04 Å². The molecule has 0 saturated heterocycles. The average molecular weight is 166 g/mol. The molecule has 0 radical (unpaired) electrons. The fourth-order valence-corrected chi connectivity index (χ4v) is 1.04. The summed E-state index contributed by atoms with van der Waals surface area (Å²) >= 11 is 0. The first-order valence-corrected chi connectivity index (χ1v) is 3.71. The summed E-state index contributed by atoms with van der Waals surface area (Å²) in [5.74, 6) is -0.0689.